The Kier molecular flexibility index (Phi) is 3.52. The van der Waals surface area contributed by atoms with Crippen LogP contribution in [0, 0.1) is 11.6 Å². The van der Waals surface area contributed by atoms with Crippen molar-refractivity contribution in [1.29, 1.82) is 0 Å². The molecule has 5 heteroatoms. The topological polar surface area (TPSA) is 44.6 Å². The Balaban J connectivity index is 2.10. The molecule has 0 saturated carbocycles. The maximum absolute atomic E-state index is 13.2. The molecule has 0 amide bonds. The summed E-state index contributed by atoms with van der Waals surface area (Å²) in [5.74, 6) is -1.31. The minimum absolute atomic E-state index is 0.0584. The number of nitrogens with one attached hydrogen (secondary N) is 1. The van der Waals surface area contributed by atoms with Gasteiger partial charge < -0.3 is 5.11 Å². The molecule has 0 fully saturated rings. The molecule has 18 heavy (non-hydrogen) atoms. The first-order valence-electron chi connectivity index (χ1n) is 5.19. The lowest BCUT2D eigenvalue weighted by Gasteiger charge is -2.02. The van der Waals surface area contributed by atoms with Crippen molar-refractivity contribution in [1.82, 2.24) is 0 Å². The second-order valence-electron chi connectivity index (χ2n) is 3.55. The van der Waals surface area contributed by atoms with Crippen LogP contribution in [-0.2, 0) is 0 Å². The predicted octanol–water partition coefficient (Wildman–Crippen LogP) is 3.12. The number of phenols is 1. The number of hydrazone groups is 1. The van der Waals surface area contributed by atoms with Crippen molar-refractivity contribution in [2.24, 2.45) is 5.10 Å². The SMILES string of the molecule is Oc1ccccc1/C=N/Nc1ccc(F)cc1F. The number of phenolic OH excluding ortho intramolecular Hbond substituents is 1. The summed E-state index contributed by atoms with van der Waals surface area (Å²) >= 11 is 0. The normalized spacial score (nSPS) is 10.8. The molecule has 0 saturated heterocycles. The van der Waals surface area contributed by atoms with Gasteiger partial charge in [0.05, 0.1) is 11.9 Å². The fourth-order valence-electron chi connectivity index (χ4n) is 1.35. The zero-order valence-electron chi connectivity index (χ0n) is 9.27. The van der Waals surface area contributed by atoms with Crippen molar-refractivity contribution in [2.45, 2.75) is 0 Å². The predicted molar refractivity (Wildman–Crippen MR) is 65.7 cm³/mol. The van der Waals surface area contributed by atoms with Crippen LogP contribution in [-0.4, -0.2) is 11.3 Å². The molecule has 0 atom stereocenters. The van der Waals surface area contributed by atoms with Gasteiger partial charge in [0.15, 0.2) is 5.82 Å². The summed E-state index contributed by atoms with van der Waals surface area (Å²) < 4.78 is 25.9. The van der Waals surface area contributed by atoms with Crippen LogP contribution in [0.2, 0.25) is 0 Å². The molecule has 92 valence electrons. The molecule has 2 N–H and O–H groups in total. The van der Waals surface area contributed by atoms with Crippen LogP contribution in [0.25, 0.3) is 0 Å². The van der Waals surface area contributed by atoms with Crippen LogP contribution < -0.4 is 5.43 Å². The number of halogens is 2. The van der Waals surface area contributed by atoms with Crippen LogP contribution in [0.3, 0.4) is 0 Å². The van der Waals surface area contributed by atoms with Crippen molar-refractivity contribution in [3.8, 4) is 5.75 Å². The quantitative estimate of drug-likeness (QED) is 0.647. The summed E-state index contributed by atoms with van der Waals surface area (Å²) in [5.41, 5.74) is 2.98. The van der Waals surface area contributed by atoms with Crippen LogP contribution in [0.1, 0.15) is 5.56 Å². The fraction of sp³-hybridized carbons (Fsp3) is 0. The van der Waals surface area contributed by atoms with E-state index in [4.69, 9.17) is 0 Å². The molecule has 2 rings (SSSR count). The Morgan fingerprint density at radius 2 is 1.89 bits per heavy atom. The van der Waals surface area contributed by atoms with Gasteiger partial charge in [-0.3, -0.25) is 5.43 Å². The molecule has 0 bridgehead atoms. The van der Waals surface area contributed by atoms with Gasteiger partial charge in [-0.25, -0.2) is 8.78 Å². The van der Waals surface area contributed by atoms with E-state index in [1.54, 1.807) is 18.2 Å². The van der Waals surface area contributed by atoms with Crippen LogP contribution in [0.15, 0.2) is 47.6 Å². The van der Waals surface area contributed by atoms with Crippen molar-refractivity contribution in [2.75, 3.05) is 5.43 Å². The van der Waals surface area contributed by atoms with Crippen molar-refractivity contribution >= 4 is 11.9 Å². The molecule has 0 aliphatic heterocycles. The molecule has 2 aromatic rings. The Morgan fingerprint density at radius 3 is 2.61 bits per heavy atom. The standard InChI is InChI=1S/C13H10F2N2O/c14-10-5-6-12(11(15)7-10)17-16-8-9-3-1-2-4-13(9)18/h1-8,17-18H/b16-8+. The maximum Gasteiger partial charge on any atom is 0.151 e. The van der Waals surface area contributed by atoms with E-state index in [1.165, 1.54) is 18.3 Å². The van der Waals surface area contributed by atoms with Crippen molar-refractivity contribution in [3.63, 3.8) is 0 Å². The lowest BCUT2D eigenvalue weighted by Crippen LogP contribution is -1.94. The first-order chi connectivity index (χ1) is 8.66. The summed E-state index contributed by atoms with van der Waals surface area (Å²) in [7, 11) is 0. The average molecular weight is 248 g/mol. The van der Waals surface area contributed by atoms with Gasteiger partial charge >= 0.3 is 0 Å². The minimum Gasteiger partial charge on any atom is -0.507 e. The number of hydrogen-bond acceptors (Lipinski definition) is 3. The van der Waals surface area contributed by atoms with Gasteiger partial charge in [-0.1, -0.05) is 12.1 Å². The highest BCUT2D eigenvalue weighted by Crippen LogP contribution is 2.16. The number of nitrogens with zero attached hydrogens (tertiary/aromatic N) is 1. The van der Waals surface area contributed by atoms with E-state index < -0.39 is 11.6 Å². The first kappa shape index (κ1) is 12.0. The van der Waals surface area contributed by atoms with E-state index in [1.807, 2.05) is 0 Å². The Morgan fingerprint density at radius 1 is 1.11 bits per heavy atom. The molecule has 0 radical (unpaired) electrons. The highest BCUT2D eigenvalue weighted by atomic mass is 19.1. The van der Waals surface area contributed by atoms with E-state index in [9.17, 15) is 13.9 Å². The molecule has 0 heterocycles. The summed E-state index contributed by atoms with van der Waals surface area (Å²) in [4.78, 5) is 0. The second-order valence-corrected chi connectivity index (χ2v) is 3.55. The van der Waals surface area contributed by atoms with E-state index in [-0.39, 0.29) is 11.4 Å². The lowest BCUT2D eigenvalue weighted by atomic mass is 10.2. The zero-order chi connectivity index (χ0) is 13.0. The van der Waals surface area contributed by atoms with E-state index in [0.717, 1.165) is 12.1 Å². The number of rotatable bonds is 3. The Labute approximate surface area is 102 Å². The van der Waals surface area contributed by atoms with Gasteiger partial charge in [-0.05, 0) is 24.3 Å². The molecule has 2 aromatic carbocycles. The highest BCUT2D eigenvalue weighted by molar-refractivity contribution is 5.83. The molecular weight excluding hydrogens is 238 g/mol. The van der Waals surface area contributed by atoms with Gasteiger partial charge in [0.2, 0.25) is 0 Å². The Hall–Kier alpha value is -2.43. The smallest absolute Gasteiger partial charge is 0.151 e. The van der Waals surface area contributed by atoms with Gasteiger partial charge in [-0.15, -0.1) is 0 Å². The van der Waals surface area contributed by atoms with Gasteiger partial charge in [0.1, 0.15) is 11.6 Å². The monoisotopic (exact) mass is 248 g/mol. The number of para-hydroxylation sites is 1. The molecular formula is C13H10F2N2O. The third-order valence-corrected chi connectivity index (χ3v) is 2.26. The maximum atomic E-state index is 13.2. The molecule has 3 nitrogen and oxygen atoms in total. The second kappa shape index (κ2) is 5.27. The largest absolute Gasteiger partial charge is 0.507 e. The van der Waals surface area contributed by atoms with Crippen LogP contribution in [0.4, 0.5) is 14.5 Å². The van der Waals surface area contributed by atoms with E-state index in [0.29, 0.717) is 5.56 Å². The summed E-state index contributed by atoms with van der Waals surface area (Å²) in [6, 6.07) is 9.71. The molecule has 0 spiro atoms. The van der Waals surface area contributed by atoms with E-state index in [2.05, 4.69) is 10.5 Å². The average Bonchev–Trinajstić information content (AvgIpc) is 2.34. The lowest BCUT2D eigenvalue weighted by molar-refractivity contribution is 0.474. The Bertz CT molecular complexity index is 585. The fourth-order valence-corrected chi connectivity index (χ4v) is 1.35. The third kappa shape index (κ3) is 2.82. The van der Waals surface area contributed by atoms with Crippen LogP contribution in [0.5, 0.6) is 5.75 Å². The zero-order valence-corrected chi connectivity index (χ0v) is 9.27. The summed E-state index contributed by atoms with van der Waals surface area (Å²) in [6.45, 7) is 0. The number of aromatic hydroxyl groups is 1. The third-order valence-electron chi connectivity index (χ3n) is 2.26. The van der Waals surface area contributed by atoms with Gasteiger partial charge in [0, 0.05) is 11.6 Å². The number of hydrogen-bond donors (Lipinski definition) is 2. The van der Waals surface area contributed by atoms with E-state index >= 15 is 0 Å². The van der Waals surface area contributed by atoms with Gasteiger partial charge in [-0.2, -0.15) is 5.10 Å². The molecule has 0 unspecified atom stereocenters. The highest BCUT2D eigenvalue weighted by Gasteiger charge is 2.01. The molecule has 0 aliphatic rings. The summed E-state index contributed by atoms with van der Waals surface area (Å²) in [5, 5.41) is 13.2. The van der Waals surface area contributed by atoms with Gasteiger partial charge in [0.25, 0.3) is 0 Å². The first-order valence-corrected chi connectivity index (χ1v) is 5.19. The minimum atomic E-state index is -0.732. The number of anilines is 1. The number of benzene rings is 2. The van der Waals surface area contributed by atoms with Crippen LogP contribution >= 0.6 is 0 Å². The van der Waals surface area contributed by atoms with Crippen molar-refractivity contribution in [3.05, 3.63) is 59.7 Å². The molecule has 0 aliphatic carbocycles. The molecule has 0 aromatic heterocycles. The summed E-state index contributed by atoms with van der Waals surface area (Å²) in [6.07, 6.45) is 1.35. The van der Waals surface area contributed by atoms with Crippen molar-refractivity contribution < 1.29 is 13.9 Å².